The van der Waals surface area contributed by atoms with Crippen LogP contribution in [0, 0.1) is 5.82 Å². The smallest absolute Gasteiger partial charge is 0.277 e. The highest BCUT2D eigenvalue weighted by Gasteiger charge is 2.18. The number of hydrogen-bond donors (Lipinski definition) is 0. The predicted octanol–water partition coefficient (Wildman–Crippen LogP) is 5.87. The maximum Gasteiger partial charge on any atom is 0.277 e. The van der Waals surface area contributed by atoms with Crippen molar-refractivity contribution >= 4 is 51.4 Å². The van der Waals surface area contributed by atoms with Gasteiger partial charge in [-0.05, 0) is 42.5 Å². The Morgan fingerprint density at radius 2 is 2.06 bits per heavy atom. The normalized spacial score (nSPS) is 10.8. The number of nitrogens with zero attached hydrogens (tertiary/aromatic N) is 4. The van der Waals surface area contributed by atoms with Crippen molar-refractivity contribution in [2.24, 2.45) is 0 Å². The van der Waals surface area contributed by atoms with Crippen LogP contribution in [0.4, 0.5) is 15.2 Å². The topological polar surface area (TPSA) is 81.4 Å². The number of anilines is 2. The summed E-state index contributed by atoms with van der Waals surface area (Å²) < 4.78 is 24.0. The molecule has 0 aliphatic rings. The maximum absolute atomic E-state index is 12.9. The Balaban J connectivity index is 1.36. The first-order chi connectivity index (χ1) is 15.5. The molecular formula is C21H16ClFN4O3S2. The monoisotopic (exact) mass is 490 g/mol. The molecule has 11 heteroatoms. The highest BCUT2D eigenvalue weighted by Crippen LogP contribution is 2.32. The molecule has 2 aromatic heterocycles. The van der Waals surface area contributed by atoms with Crippen LogP contribution in [-0.2, 0) is 17.2 Å². The van der Waals surface area contributed by atoms with Gasteiger partial charge in [-0.2, -0.15) is 0 Å². The standard InChI is InChI=1S/C21H16ClFN4O3S2/c1-13(28)27(17-4-2-3-14(22)9-17)20-24-16(11-31-20)12-32-21-26-25-19(30-21)10-29-18-7-5-15(23)6-8-18/h2-9,11H,10,12H2,1H3. The van der Waals surface area contributed by atoms with Crippen molar-refractivity contribution in [1.29, 1.82) is 0 Å². The third-order valence-corrected chi connectivity index (χ3v) is 6.04. The summed E-state index contributed by atoms with van der Waals surface area (Å²) in [5.74, 6) is 0.794. The molecule has 0 radical (unpaired) electrons. The molecule has 2 aromatic carbocycles. The zero-order chi connectivity index (χ0) is 22.5. The molecule has 0 fully saturated rings. The summed E-state index contributed by atoms with van der Waals surface area (Å²) in [7, 11) is 0. The number of hydrogen-bond acceptors (Lipinski definition) is 8. The van der Waals surface area contributed by atoms with Crippen LogP contribution in [0.3, 0.4) is 0 Å². The predicted molar refractivity (Wildman–Crippen MR) is 121 cm³/mol. The van der Waals surface area contributed by atoms with Crippen LogP contribution in [0.1, 0.15) is 18.5 Å². The largest absolute Gasteiger partial charge is 0.484 e. The quantitative estimate of drug-likeness (QED) is 0.285. The third kappa shape index (κ3) is 5.64. The number of halogens is 2. The average molecular weight is 491 g/mol. The van der Waals surface area contributed by atoms with Crippen LogP contribution >= 0.6 is 34.7 Å². The minimum absolute atomic E-state index is 0.0766. The molecule has 0 bridgehead atoms. The van der Waals surface area contributed by atoms with Crippen LogP contribution in [-0.4, -0.2) is 21.1 Å². The van der Waals surface area contributed by atoms with Gasteiger partial charge in [-0.1, -0.05) is 29.4 Å². The van der Waals surface area contributed by atoms with Crippen molar-refractivity contribution in [3.63, 3.8) is 0 Å². The van der Waals surface area contributed by atoms with Gasteiger partial charge >= 0.3 is 0 Å². The fourth-order valence-electron chi connectivity index (χ4n) is 2.67. The number of thiazole rings is 1. The van der Waals surface area contributed by atoms with Gasteiger partial charge in [-0.15, -0.1) is 21.5 Å². The lowest BCUT2D eigenvalue weighted by atomic mass is 10.3. The number of carbonyl (C=O) groups is 1. The van der Waals surface area contributed by atoms with Gasteiger partial charge in [-0.25, -0.2) is 9.37 Å². The highest BCUT2D eigenvalue weighted by atomic mass is 35.5. The van der Waals surface area contributed by atoms with Gasteiger partial charge in [0.05, 0.1) is 11.4 Å². The summed E-state index contributed by atoms with van der Waals surface area (Å²) in [5, 5.41) is 11.3. The van der Waals surface area contributed by atoms with E-state index < -0.39 is 0 Å². The summed E-state index contributed by atoms with van der Waals surface area (Å²) in [6, 6.07) is 12.7. The second-order valence-electron chi connectivity index (χ2n) is 6.45. The number of amides is 1. The molecule has 4 rings (SSSR count). The van der Waals surface area contributed by atoms with Crippen LogP contribution in [0.5, 0.6) is 5.75 Å². The van der Waals surface area contributed by atoms with Crippen molar-refractivity contribution < 1.29 is 18.3 Å². The van der Waals surface area contributed by atoms with Crippen LogP contribution in [0.25, 0.3) is 0 Å². The van der Waals surface area contributed by atoms with E-state index in [0.29, 0.717) is 38.5 Å². The zero-order valence-electron chi connectivity index (χ0n) is 16.7. The van der Waals surface area contributed by atoms with Gasteiger partial charge in [0.1, 0.15) is 11.6 Å². The molecule has 0 saturated carbocycles. The van der Waals surface area contributed by atoms with E-state index in [2.05, 4.69) is 15.2 Å². The number of aromatic nitrogens is 3. The van der Waals surface area contributed by atoms with Gasteiger partial charge in [0, 0.05) is 23.1 Å². The van der Waals surface area contributed by atoms with E-state index in [0.717, 1.165) is 5.69 Å². The molecule has 4 aromatic rings. The molecule has 0 aliphatic heterocycles. The van der Waals surface area contributed by atoms with E-state index in [4.69, 9.17) is 20.8 Å². The van der Waals surface area contributed by atoms with Crippen LogP contribution < -0.4 is 9.64 Å². The van der Waals surface area contributed by atoms with Gasteiger partial charge in [0.15, 0.2) is 11.7 Å². The van der Waals surface area contributed by atoms with E-state index in [1.807, 2.05) is 5.38 Å². The highest BCUT2D eigenvalue weighted by molar-refractivity contribution is 7.98. The summed E-state index contributed by atoms with van der Waals surface area (Å²) in [4.78, 5) is 18.3. The first-order valence-corrected chi connectivity index (χ1v) is 11.6. The van der Waals surface area contributed by atoms with E-state index in [1.165, 1.54) is 59.2 Å². The number of ether oxygens (including phenoxy) is 1. The van der Waals surface area contributed by atoms with Crippen LogP contribution in [0.2, 0.25) is 5.02 Å². The fourth-order valence-corrected chi connectivity index (χ4v) is 4.52. The molecule has 1 amide bonds. The Hall–Kier alpha value is -2.95. The van der Waals surface area contributed by atoms with E-state index >= 15 is 0 Å². The van der Waals surface area contributed by atoms with Crippen molar-refractivity contribution in [1.82, 2.24) is 15.2 Å². The first kappa shape index (κ1) is 22.3. The third-order valence-electron chi connectivity index (χ3n) is 4.08. The Labute approximate surface area is 196 Å². The molecular weight excluding hydrogens is 475 g/mol. The summed E-state index contributed by atoms with van der Waals surface area (Å²) in [5.41, 5.74) is 1.42. The zero-order valence-corrected chi connectivity index (χ0v) is 19.1. The average Bonchev–Trinajstić information content (AvgIpc) is 3.41. The van der Waals surface area contributed by atoms with E-state index in [-0.39, 0.29) is 18.3 Å². The molecule has 0 atom stereocenters. The molecule has 0 spiro atoms. The molecule has 0 unspecified atom stereocenters. The Kier molecular flexibility index (Phi) is 7.03. The lowest BCUT2D eigenvalue weighted by Crippen LogP contribution is -2.22. The van der Waals surface area contributed by atoms with Crippen molar-refractivity contribution in [2.75, 3.05) is 4.90 Å². The molecule has 32 heavy (non-hydrogen) atoms. The second kappa shape index (κ2) is 10.1. The molecule has 2 heterocycles. The minimum atomic E-state index is -0.335. The summed E-state index contributed by atoms with van der Waals surface area (Å²) in [6.07, 6.45) is 0. The number of benzene rings is 2. The summed E-state index contributed by atoms with van der Waals surface area (Å²) >= 11 is 8.75. The van der Waals surface area contributed by atoms with Gasteiger partial charge in [0.25, 0.3) is 11.1 Å². The van der Waals surface area contributed by atoms with Crippen LogP contribution in [0.15, 0.2) is 63.6 Å². The number of thioether (sulfide) groups is 1. The Bertz CT molecular complexity index is 1220. The van der Waals surface area contributed by atoms with E-state index in [1.54, 1.807) is 24.3 Å². The van der Waals surface area contributed by atoms with Gasteiger partial charge in [-0.3, -0.25) is 9.69 Å². The Morgan fingerprint density at radius 1 is 1.25 bits per heavy atom. The number of rotatable bonds is 8. The molecule has 7 nitrogen and oxygen atoms in total. The number of carbonyl (C=O) groups excluding carboxylic acids is 1. The minimum Gasteiger partial charge on any atom is -0.484 e. The summed E-state index contributed by atoms with van der Waals surface area (Å²) in [6.45, 7) is 1.55. The van der Waals surface area contributed by atoms with Gasteiger partial charge in [0.2, 0.25) is 5.91 Å². The SMILES string of the molecule is CC(=O)N(c1cccc(Cl)c1)c1nc(CSc2nnc(COc3ccc(F)cc3)o2)cs1. The Morgan fingerprint density at radius 3 is 2.81 bits per heavy atom. The van der Waals surface area contributed by atoms with E-state index in [9.17, 15) is 9.18 Å². The maximum atomic E-state index is 12.9. The van der Waals surface area contributed by atoms with Crippen molar-refractivity contribution in [3.05, 3.63) is 76.3 Å². The molecule has 0 N–H and O–H groups in total. The van der Waals surface area contributed by atoms with Crippen molar-refractivity contribution in [2.45, 2.75) is 24.5 Å². The first-order valence-electron chi connectivity index (χ1n) is 9.32. The lowest BCUT2D eigenvalue weighted by Gasteiger charge is -2.18. The lowest BCUT2D eigenvalue weighted by molar-refractivity contribution is -0.115. The van der Waals surface area contributed by atoms with Gasteiger partial charge < -0.3 is 9.15 Å². The second-order valence-corrected chi connectivity index (χ2v) is 8.65. The fraction of sp³-hybridized carbons (Fsp3) is 0.143. The van der Waals surface area contributed by atoms with Crippen molar-refractivity contribution in [3.8, 4) is 5.75 Å². The molecule has 164 valence electrons. The molecule has 0 aliphatic carbocycles. The molecule has 0 saturated heterocycles.